The van der Waals surface area contributed by atoms with Gasteiger partial charge in [-0.2, -0.15) is 0 Å². The molecule has 318 valence electrons. The number of halogens is 1. The minimum Gasteiger partial charge on any atom is -0.453 e. The summed E-state index contributed by atoms with van der Waals surface area (Å²) >= 11 is 0. The summed E-state index contributed by atoms with van der Waals surface area (Å²) in [5.74, 6) is 1.09. The summed E-state index contributed by atoms with van der Waals surface area (Å²) < 4.78 is 26.0. The molecule has 2 saturated heterocycles. The molecule has 0 radical (unpaired) electrons. The summed E-state index contributed by atoms with van der Waals surface area (Å²) in [7, 11) is 2.56. The molecule has 2 bridgehead atoms. The maximum absolute atomic E-state index is 16.4. The minimum atomic E-state index is -0.737. The van der Waals surface area contributed by atoms with Gasteiger partial charge in [0, 0.05) is 29.8 Å². The fraction of sp³-hybridized carbons (Fsp3) is 0.511. The van der Waals surface area contributed by atoms with E-state index in [1.54, 1.807) is 17.2 Å². The number of benzene rings is 2. The van der Waals surface area contributed by atoms with Gasteiger partial charge in [-0.1, -0.05) is 52.0 Å². The van der Waals surface area contributed by atoms with Crippen molar-refractivity contribution in [1.29, 1.82) is 0 Å². The Hall–Kier alpha value is -5.73. The normalized spacial score (nSPS) is 21.7. The van der Waals surface area contributed by atoms with Gasteiger partial charge in [-0.05, 0) is 91.4 Å². The van der Waals surface area contributed by atoms with Crippen LogP contribution < -0.4 is 10.6 Å². The molecule has 15 heteroatoms. The lowest BCUT2D eigenvalue weighted by Crippen LogP contribution is -2.51. The molecule has 4 aromatic rings. The summed E-state index contributed by atoms with van der Waals surface area (Å²) in [6, 6.07) is 7.42. The molecule has 8 rings (SSSR count). The lowest BCUT2D eigenvalue weighted by atomic mass is 9.82. The molecule has 6 unspecified atom stereocenters. The summed E-state index contributed by atoms with van der Waals surface area (Å²) in [4.78, 5) is 71.4. The van der Waals surface area contributed by atoms with E-state index in [4.69, 9.17) is 14.5 Å². The van der Waals surface area contributed by atoms with Crippen LogP contribution in [-0.2, 0) is 19.1 Å². The third-order valence-corrected chi connectivity index (χ3v) is 13.1. The number of hydrogen-bond donors (Lipinski definition) is 4. The van der Waals surface area contributed by atoms with E-state index in [2.05, 4.69) is 31.7 Å². The van der Waals surface area contributed by atoms with Crippen LogP contribution in [0.25, 0.3) is 33.6 Å². The Bertz CT molecular complexity index is 2290. The Morgan fingerprint density at radius 1 is 0.700 bits per heavy atom. The predicted octanol–water partition coefficient (Wildman–Crippen LogP) is 7.73. The van der Waals surface area contributed by atoms with Crippen molar-refractivity contribution >= 4 is 24.0 Å². The Morgan fingerprint density at radius 3 is 1.70 bits per heavy atom. The number of carbonyl (C=O) groups is 4. The Kier molecular flexibility index (Phi) is 11.4. The van der Waals surface area contributed by atoms with E-state index in [1.165, 1.54) is 25.3 Å². The molecule has 1 saturated carbocycles. The molecular formula is C45H55FN8O6. The van der Waals surface area contributed by atoms with Gasteiger partial charge in [0.2, 0.25) is 11.8 Å². The number of aromatic amines is 2. The number of H-pyrrole nitrogens is 2. The highest BCUT2D eigenvalue weighted by Gasteiger charge is 2.42. The molecule has 4 heterocycles. The SMILES string of the molecule is COC(=O)NC(C(=O)N1CCCC1c1ncc(-c2ccc(-c3ccc(-c4cnc(C5CCCN5C(=O)C(NC(=O)OC)C(C)C)[nH]4)c4c3C3CCC4C3)c(F)c2)[nH]1)C(C)C. The third-order valence-electron chi connectivity index (χ3n) is 13.1. The Morgan fingerprint density at radius 2 is 1.18 bits per heavy atom. The van der Waals surface area contributed by atoms with Crippen LogP contribution in [0, 0.1) is 17.7 Å². The van der Waals surface area contributed by atoms with Crippen molar-refractivity contribution in [2.45, 2.75) is 109 Å². The average Bonchev–Trinajstić information content (AvgIpc) is 4.09. The zero-order valence-electron chi connectivity index (χ0n) is 35.1. The van der Waals surface area contributed by atoms with Gasteiger partial charge < -0.3 is 39.9 Å². The molecular weight excluding hydrogens is 768 g/mol. The lowest BCUT2D eigenvalue weighted by Gasteiger charge is -2.30. The van der Waals surface area contributed by atoms with Crippen LogP contribution in [0.2, 0.25) is 0 Å². The highest BCUT2D eigenvalue weighted by Crippen LogP contribution is 2.58. The van der Waals surface area contributed by atoms with Crippen molar-refractivity contribution in [3.8, 4) is 33.6 Å². The molecule has 6 atom stereocenters. The van der Waals surface area contributed by atoms with E-state index in [0.29, 0.717) is 59.8 Å². The molecule has 3 fully saturated rings. The molecule has 4 amide bonds. The van der Waals surface area contributed by atoms with Gasteiger partial charge in [-0.15, -0.1) is 0 Å². The second-order valence-electron chi connectivity index (χ2n) is 17.3. The van der Waals surface area contributed by atoms with Crippen LogP contribution in [-0.4, -0.2) is 93.1 Å². The number of rotatable bonds is 11. The van der Waals surface area contributed by atoms with E-state index in [9.17, 15) is 19.2 Å². The number of carbonyl (C=O) groups excluding carboxylic acids is 4. The Labute approximate surface area is 349 Å². The molecule has 2 aromatic carbocycles. The van der Waals surface area contributed by atoms with Gasteiger partial charge in [0.1, 0.15) is 29.5 Å². The largest absolute Gasteiger partial charge is 0.453 e. The number of imidazole rings is 2. The fourth-order valence-corrected chi connectivity index (χ4v) is 10.1. The van der Waals surface area contributed by atoms with Gasteiger partial charge >= 0.3 is 12.2 Å². The zero-order chi connectivity index (χ0) is 42.4. The summed E-state index contributed by atoms with van der Waals surface area (Å²) in [5.41, 5.74) is 7.14. The van der Waals surface area contributed by atoms with E-state index >= 15 is 4.39 Å². The average molecular weight is 823 g/mol. The van der Waals surface area contributed by atoms with Crippen LogP contribution >= 0.6 is 0 Å². The summed E-state index contributed by atoms with van der Waals surface area (Å²) in [5, 5.41) is 5.39. The van der Waals surface area contributed by atoms with Crippen molar-refractivity contribution in [2.24, 2.45) is 11.8 Å². The molecule has 2 aromatic heterocycles. The maximum Gasteiger partial charge on any atom is 0.407 e. The van der Waals surface area contributed by atoms with Crippen molar-refractivity contribution < 1.29 is 33.0 Å². The number of nitrogens with one attached hydrogen (secondary N) is 4. The number of ether oxygens (including phenoxy) is 2. The molecule has 4 N–H and O–H groups in total. The first-order chi connectivity index (χ1) is 28.9. The molecule has 2 aliphatic heterocycles. The van der Waals surface area contributed by atoms with Crippen LogP contribution in [0.4, 0.5) is 14.0 Å². The minimum absolute atomic E-state index is 0.129. The fourth-order valence-electron chi connectivity index (χ4n) is 10.1. The highest BCUT2D eigenvalue weighted by molar-refractivity contribution is 5.87. The van der Waals surface area contributed by atoms with Crippen molar-refractivity contribution in [3.63, 3.8) is 0 Å². The molecule has 14 nitrogen and oxygen atoms in total. The van der Waals surface area contributed by atoms with Crippen molar-refractivity contribution in [1.82, 2.24) is 40.4 Å². The zero-order valence-corrected chi connectivity index (χ0v) is 35.1. The second kappa shape index (κ2) is 16.7. The lowest BCUT2D eigenvalue weighted by molar-refractivity contribution is -0.136. The first kappa shape index (κ1) is 41.0. The topological polar surface area (TPSA) is 175 Å². The monoisotopic (exact) mass is 822 g/mol. The van der Waals surface area contributed by atoms with Crippen molar-refractivity contribution in [3.05, 3.63) is 71.3 Å². The number of likely N-dealkylation sites (tertiary alicyclic amines) is 2. The van der Waals surface area contributed by atoms with Crippen molar-refractivity contribution in [2.75, 3.05) is 27.3 Å². The quantitative estimate of drug-likeness (QED) is 0.119. The summed E-state index contributed by atoms with van der Waals surface area (Å²) in [6.45, 7) is 8.67. The van der Waals surface area contributed by atoms with Crippen LogP contribution in [0.1, 0.15) is 119 Å². The molecule has 4 aliphatic rings. The number of nitrogens with zero attached hydrogens (tertiary/aromatic N) is 4. The first-order valence-corrected chi connectivity index (χ1v) is 21.3. The van der Waals surface area contributed by atoms with E-state index in [1.807, 2.05) is 57.0 Å². The number of alkyl carbamates (subject to hydrolysis) is 2. The number of hydrogen-bond acceptors (Lipinski definition) is 8. The number of fused-ring (bicyclic) bond motifs is 5. The smallest absolute Gasteiger partial charge is 0.407 e. The maximum atomic E-state index is 16.4. The molecule has 60 heavy (non-hydrogen) atoms. The first-order valence-electron chi connectivity index (χ1n) is 21.3. The van der Waals surface area contributed by atoms with Crippen LogP contribution in [0.5, 0.6) is 0 Å². The number of aromatic nitrogens is 4. The number of amides is 4. The highest BCUT2D eigenvalue weighted by atomic mass is 19.1. The standard InChI is InChI=1S/C45H55FN8O6/c1-23(2)38(51-44(57)59-5)42(55)53-17-7-9-34(53)40-47-21-32(49-40)25-13-14-28(31(46)20-25)29-15-16-30(37-27-12-11-26(19-27)36(29)37)33-22-48-41(50-33)35-10-8-18-54(35)43(56)39(24(3)4)52-45(58)60-6/h13-16,20-24,26-27,34-35,38-39H,7-12,17-19H2,1-6H3,(H,47,49)(H,48,50)(H,51,57)(H,52,58). The second-order valence-corrected chi connectivity index (χ2v) is 17.3. The van der Waals surface area contributed by atoms with Gasteiger partial charge in [0.25, 0.3) is 0 Å². The molecule has 0 spiro atoms. The van der Waals surface area contributed by atoms with Crippen LogP contribution in [0.3, 0.4) is 0 Å². The van der Waals surface area contributed by atoms with E-state index in [-0.39, 0.29) is 41.6 Å². The van der Waals surface area contributed by atoms with E-state index in [0.717, 1.165) is 55.3 Å². The predicted molar refractivity (Wildman–Crippen MR) is 222 cm³/mol. The summed E-state index contributed by atoms with van der Waals surface area (Å²) in [6.07, 6.45) is 8.51. The number of methoxy groups -OCH3 is 2. The van der Waals surface area contributed by atoms with Gasteiger partial charge in [0.05, 0.1) is 50.1 Å². The Balaban J connectivity index is 1.03. The van der Waals surface area contributed by atoms with E-state index < -0.39 is 24.3 Å². The van der Waals surface area contributed by atoms with Gasteiger partial charge in [-0.25, -0.2) is 23.9 Å². The van der Waals surface area contributed by atoms with Gasteiger partial charge in [-0.3, -0.25) is 9.59 Å². The van der Waals surface area contributed by atoms with Gasteiger partial charge in [0.15, 0.2) is 0 Å². The third kappa shape index (κ3) is 7.51. The van der Waals surface area contributed by atoms with Crippen LogP contribution in [0.15, 0.2) is 42.7 Å². The molecule has 2 aliphatic carbocycles.